The van der Waals surface area contributed by atoms with Crippen molar-refractivity contribution in [3.05, 3.63) is 83.6 Å². The number of hydrogen-bond acceptors (Lipinski definition) is 5. The summed E-state index contributed by atoms with van der Waals surface area (Å²) in [5, 5.41) is 13.3. The highest BCUT2D eigenvalue weighted by Crippen LogP contribution is 2.34. The molecular weight excluding hydrogens is 474 g/mol. The van der Waals surface area contributed by atoms with E-state index in [0.717, 1.165) is 11.5 Å². The molecule has 4 N–H and O–H groups in total. The van der Waals surface area contributed by atoms with Gasteiger partial charge < -0.3 is 20.9 Å². The maximum Gasteiger partial charge on any atom is 0.161 e. The summed E-state index contributed by atoms with van der Waals surface area (Å²) < 4.78 is 5.80. The molecule has 1 aliphatic heterocycles. The van der Waals surface area contributed by atoms with Gasteiger partial charge in [-0.05, 0) is 54.4 Å². The maximum atomic E-state index is 11.3. The van der Waals surface area contributed by atoms with Gasteiger partial charge in [0.1, 0.15) is 5.75 Å². The van der Waals surface area contributed by atoms with E-state index in [0.29, 0.717) is 40.9 Å². The predicted molar refractivity (Wildman–Crippen MR) is 159 cm³/mol. The summed E-state index contributed by atoms with van der Waals surface area (Å²) >= 11 is 0. The SMILES string of the molecule is C=C(/C=C(/OCCc1ccc(C(C)=O)cc1)C(N)=NC)c1ccccc1O.CCC(C)CC1(CC)CNC1. The minimum atomic E-state index is 0.0395. The molecule has 0 aromatic heterocycles. The average Bonchev–Trinajstić information content (AvgIpc) is 2.90. The Morgan fingerprint density at radius 3 is 2.37 bits per heavy atom. The smallest absolute Gasteiger partial charge is 0.161 e. The van der Waals surface area contributed by atoms with Crippen molar-refractivity contribution in [2.24, 2.45) is 22.1 Å². The molecule has 0 radical (unpaired) electrons. The van der Waals surface area contributed by atoms with Gasteiger partial charge >= 0.3 is 0 Å². The normalized spacial score (nSPS) is 15.5. The van der Waals surface area contributed by atoms with Crippen molar-refractivity contribution >= 4 is 17.2 Å². The van der Waals surface area contributed by atoms with Crippen LogP contribution < -0.4 is 11.1 Å². The lowest BCUT2D eigenvalue weighted by atomic mass is 9.72. The van der Waals surface area contributed by atoms with Gasteiger partial charge in [0.05, 0.1) is 6.61 Å². The minimum Gasteiger partial charge on any atom is -0.507 e. The topological polar surface area (TPSA) is 96.9 Å². The van der Waals surface area contributed by atoms with E-state index in [1.54, 1.807) is 50.4 Å². The summed E-state index contributed by atoms with van der Waals surface area (Å²) in [6.07, 6.45) is 6.42. The van der Waals surface area contributed by atoms with Crippen LogP contribution in [0.5, 0.6) is 5.75 Å². The van der Waals surface area contributed by atoms with Crippen LogP contribution in [-0.2, 0) is 11.2 Å². The van der Waals surface area contributed by atoms with Crippen molar-refractivity contribution in [1.29, 1.82) is 0 Å². The maximum absolute atomic E-state index is 11.3. The molecule has 1 aliphatic rings. The fraction of sp³-hybridized carbons (Fsp3) is 0.438. The van der Waals surface area contributed by atoms with Crippen molar-refractivity contribution in [3.63, 3.8) is 0 Å². The fourth-order valence-electron chi connectivity index (χ4n) is 4.37. The molecule has 1 fully saturated rings. The number of phenolic OH excluding ortho intramolecular Hbond substituents is 1. The predicted octanol–water partition coefficient (Wildman–Crippen LogP) is 6.16. The first-order chi connectivity index (χ1) is 18.1. The number of para-hydroxylation sites is 1. The Bertz CT molecular complexity index is 1110. The molecule has 1 atom stereocenters. The summed E-state index contributed by atoms with van der Waals surface area (Å²) in [5.41, 5.74) is 9.50. The van der Waals surface area contributed by atoms with Gasteiger partial charge in [-0.25, -0.2) is 0 Å². The third-order valence-electron chi connectivity index (χ3n) is 7.29. The van der Waals surface area contributed by atoms with Crippen molar-refractivity contribution in [2.45, 2.75) is 53.4 Å². The Labute approximate surface area is 228 Å². The Balaban J connectivity index is 0.000000384. The van der Waals surface area contributed by atoms with Gasteiger partial charge in [0.2, 0.25) is 0 Å². The summed E-state index contributed by atoms with van der Waals surface area (Å²) in [6, 6.07) is 14.3. The van der Waals surface area contributed by atoms with E-state index in [2.05, 4.69) is 37.7 Å². The number of carbonyl (C=O) groups excluding carboxylic acids is 1. The van der Waals surface area contributed by atoms with Crippen molar-refractivity contribution < 1.29 is 14.6 Å². The van der Waals surface area contributed by atoms with Gasteiger partial charge in [-0.15, -0.1) is 0 Å². The second kappa shape index (κ2) is 15.1. The summed E-state index contributed by atoms with van der Waals surface area (Å²) in [7, 11) is 1.58. The zero-order valence-corrected chi connectivity index (χ0v) is 23.7. The number of carbonyl (C=O) groups is 1. The van der Waals surface area contributed by atoms with Crippen LogP contribution in [0, 0.1) is 11.3 Å². The average molecular weight is 520 g/mol. The van der Waals surface area contributed by atoms with E-state index in [1.165, 1.54) is 32.4 Å². The zero-order valence-electron chi connectivity index (χ0n) is 23.7. The van der Waals surface area contributed by atoms with E-state index in [4.69, 9.17) is 10.5 Å². The van der Waals surface area contributed by atoms with Gasteiger partial charge in [0.15, 0.2) is 17.4 Å². The number of rotatable bonds is 12. The van der Waals surface area contributed by atoms with Crippen molar-refractivity contribution in [3.8, 4) is 5.75 Å². The highest BCUT2D eigenvalue weighted by atomic mass is 16.5. The number of aliphatic imine (C=N–C) groups is 1. The number of ketones is 1. The van der Waals surface area contributed by atoms with Gasteiger partial charge in [0, 0.05) is 37.7 Å². The highest BCUT2D eigenvalue weighted by molar-refractivity contribution is 5.97. The van der Waals surface area contributed by atoms with E-state index < -0.39 is 0 Å². The zero-order chi connectivity index (χ0) is 28.1. The largest absolute Gasteiger partial charge is 0.507 e. The Kier molecular flexibility index (Phi) is 12.3. The molecule has 3 rings (SSSR count). The molecule has 1 heterocycles. The molecule has 0 amide bonds. The Morgan fingerprint density at radius 2 is 1.87 bits per heavy atom. The molecule has 2 aromatic carbocycles. The van der Waals surface area contributed by atoms with Gasteiger partial charge in [-0.2, -0.15) is 0 Å². The van der Waals surface area contributed by atoms with Crippen LogP contribution in [0.4, 0.5) is 0 Å². The molecule has 38 heavy (non-hydrogen) atoms. The Morgan fingerprint density at radius 1 is 1.21 bits per heavy atom. The van der Waals surface area contributed by atoms with Gasteiger partial charge in [-0.1, -0.05) is 76.2 Å². The first kappa shape index (κ1) is 30.8. The second-order valence-corrected chi connectivity index (χ2v) is 10.2. The molecule has 0 aliphatic carbocycles. The number of allylic oxidation sites excluding steroid dienone is 2. The van der Waals surface area contributed by atoms with Crippen LogP contribution in [0.1, 0.15) is 68.4 Å². The summed E-state index contributed by atoms with van der Waals surface area (Å²) in [4.78, 5) is 15.3. The van der Waals surface area contributed by atoms with E-state index in [1.807, 2.05) is 18.2 Å². The monoisotopic (exact) mass is 519 g/mol. The molecule has 0 bridgehead atoms. The molecule has 2 aromatic rings. The first-order valence-corrected chi connectivity index (χ1v) is 13.5. The van der Waals surface area contributed by atoms with E-state index in [-0.39, 0.29) is 17.4 Å². The third kappa shape index (κ3) is 9.18. The van der Waals surface area contributed by atoms with Crippen molar-refractivity contribution in [1.82, 2.24) is 5.32 Å². The lowest BCUT2D eigenvalue weighted by molar-refractivity contribution is 0.101. The molecule has 6 nitrogen and oxygen atoms in total. The van der Waals surface area contributed by atoms with Gasteiger partial charge in [-0.3, -0.25) is 9.79 Å². The van der Waals surface area contributed by atoms with Crippen LogP contribution in [-0.4, -0.2) is 43.5 Å². The number of nitrogens with one attached hydrogen (secondary N) is 1. The number of phenols is 1. The van der Waals surface area contributed by atoms with Crippen LogP contribution in [0.3, 0.4) is 0 Å². The van der Waals surface area contributed by atoms with Gasteiger partial charge in [0.25, 0.3) is 0 Å². The van der Waals surface area contributed by atoms with Crippen LogP contribution in [0.25, 0.3) is 5.57 Å². The molecule has 206 valence electrons. The minimum absolute atomic E-state index is 0.0395. The second-order valence-electron chi connectivity index (χ2n) is 10.2. The first-order valence-electron chi connectivity index (χ1n) is 13.5. The molecule has 1 saturated heterocycles. The van der Waals surface area contributed by atoms with Crippen LogP contribution >= 0.6 is 0 Å². The van der Waals surface area contributed by atoms with E-state index in [9.17, 15) is 9.90 Å². The molecule has 0 saturated carbocycles. The molecule has 6 heteroatoms. The molecule has 0 spiro atoms. The molecular formula is C32H45N3O3. The lowest BCUT2D eigenvalue weighted by Crippen LogP contribution is -2.53. The summed E-state index contributed by atoms with van der Waals surface area (Å²) in [6.45, 7) is 15.4. The number of aromatic hydroxyl groups is 1. The molecule has 1 unspecified atom stereocenters. The quantitative estimate of drug-likeness (QED) is 0.103. The number of nitrogens with two attached hydrogens (primary N) is 1. The number of hydrogen-bond donors (Lipinski definition) is 3. The number of nitrogens with zero attached hydrogens (tertiary/aromatic N) is 1. The fourth-order valence-corrected chi connectivity index (χ4v) is 4.37. The standard InChI is InChI=1S/C22H24N2O3.C10H21N/c1-15(19-6-4-5-7-20(19)26)14-21(22(23)24-3)27-13-12-17-8-10-18(11-9-17)16(2)25;1-4-9(3)6-10(5-2)7-11-8-10/h4-11,14,26H,1,12-13H2,2-3H3,(H2,23,24);9,11H,4-8H2,1-3H3/b21-14+;. The summed E-state index contributed by atoms with van der Waals surface area (Å²) in [5.74, 6) is 1.73. The van der Waals surface area contributed by atoms with E-state index >= 15 is 0 Å². The number of ether oxygens (including phenoxy) is 1. The number of Topliss-reactive ketones (excluding diaryl/α,β-unsaturated/α-hetero) is 1. The third-order valence-corrected chi connectivity index (χ3v) is 7.29. The Hall–Kier alpha value is -3.38. The highest BCUT2D eigenvalue weighted by Gasteiger charge is 2.35. The number of benzene rings is 2. The number of amidine groups is 1. The van der Waals surface area contributed by atoms with Crippen LogP contribution in [0.15, 0.2) is 71.9 Å². The van der Waals surface area contributed by atoms with Crippen molar-refractivity contribution in [2.75, 3.05) is 26.7 Å². The lowest BCUT2D eigenvalue weighted by Gasteiger charge is -2.43. The van der Waals surface area contributed by atoms with Crippen LogP contribution in [0.2, 0.25) is 0 Å².